The minimum atomic E-state index is -4.77. The number of benzene rings is 2. The van der Waals surface area contributed by atoms with Gasteiger partial charge in [-0.25, -0.2) is 14.2 Å². The van der Waals surface area contributed by atoms with E-state index in [2.05, 4.69) is 10.3 Å². The van der Waals surface area contributed by atoms with Gasteiger partial charge in [0.15, 0.2) is 12.1 Å². The monoisotopic (exact) mass is 599 g/mol. The molecular formula is C28H27Cl2F4N3O3. The van der Waals surface area contributed by atoms with E-state index in [-0.39, 0.29) is 43.9 Å². The number of hydrogen-bond donors (Lipinski definition) is 1. The molecule has 0 spiro atoms. The van der Waals surface area contributed by atoms with Gasteiger partial charge in [-0.15, -0.1) is 0 Å². The van der Waals surface area contributed by atoms with E-state index in [0.717, 1.165) is 6.07 Å². The van der Waals surface area contributed by atoms with Crippen LogP contribution in [0.2, 0.25) is 10.2 Å². The highest BCUT2D eigenvalue weighted by atomic mass is 35.5. The van der Waals surface area contributed by atoms with Gasteiger partial charge in [0.1, 0.15) is 16.3 Å². The first-order chi connectivity index (χ1) is 18.6. The molecule has 4 rings (SSSR count). The Morgan fingerprint density at radius 2 is 1.82 bits per heavy atom. The number of rotatable bonds is 4. The summed E-state index contributed by atoms with van der Waals surface area (Å²) in [4.78, 5) is 30.0. The fourth-order valence-corrected chi connectivity index (χ4v) is 5.33. The lowest BCUT2D eigenvalue weighted by atomic mass is 9.93. The number of aryl methyl sites for hydroxylation is 1. The van der Waals surface area contributed by atoms with Crippen LogP contribution in [0.5, 0.6) is 0 Å². The summed E-state index contributed by atoms with van der Waals surface area (Å²) in [5.41, 5.74) is -2.87. The van der Waals surface area contributed by atoms with Crippen LogP contribution < -0.4 is 5.32 Å². The quantitative estimate of drug-likeness (QED) is 0.185. The molecule has 1 aromatic heterocycles. The summed E-state index contributed by atoms with van der Waals surface area (Å²) in [6.45, 7) is 7.34. The predicted octanol–water partition coefficient (Wildman–Crippen LogP) is 8.30. The number of likely N-dealkylation sites (tertiary alicyclic amines) is 1. The van der Waals surface area contributed by atoms with Crippen molar-refractivity contribution in [3.05, 3.63) is 56.9 Å². The van der Waals surface area contributed by atoms with Crippen LogP contribution in [0, 0.1) is 12.7 Å². The van der Waals surface area contributed by atoms with Gasteiger partial charge in [0.25, 0.3) is 0 Å². The van der Waals surface area contributed by atoms with E-state index in [1.54, 1.807) is 25.7 Å². The summed E-state index contributed by atoms with van der Waals surface area (Å²) in [6, 6.07) is 4.85. The second kappa shape index (κ2) is 11.0. The molecule has 0 saturated carbocycles. The van der Waals surface area contributed by atoms with Gasteiger partial charge in [-0.2, -0.15) is 13.2 Å². The van der Waals surface area contributed by atoms with Crippen molar-refractivity contribution in [2.45, 2.75) is 58.4 Å². The largest absolute Gasteiger partial charge is 0.444 e. The van der Waals surface area contributed by atoms with Crippen LogP contribution in [-0.4, -0.2) is 47.0 Å². The third kappa shape index (κ3) is 5.98. The number of carbonyl (C=O) groups excluding carboxylic acids is 2. The maximum atomic E-state index is 16.0. The zero-order valence-corrected chi connectivity index (χ0v) is 23.7. The highest BCUT2D eigenvalue weighted by Gasteiger charge is 2.37. The summed E-state index contributed by atoms with van der Waals surface area (Å²) in [6.07, 6.45) is -3.78. The molecule has 2 heterocycles. The second-order valence-corrected chi connectivity index (χ2v) is 11.4. The standard InChI is InChI=1S/C28H27Cl2F4N3O3/c1-14-6-5-7-16(21(14)28(32,33)34)20-19(29)12-17-23(18(13-38)25(30)36-24(17)22(20)31)35-15-8-10-37(11-9-15)26(39)40-27(2,3)4/h5-7,12-13,15H,8-11H2,1-4H3,(H,35,36). The summed E-state index contributed by atoms with van der Waals surface area (Å²) >= 11 is 12.7. The van der Waals surface area contributed by atoms with E-state index in [9.17, 15) is 22.8 Å². The number of ether oxygens (including phenoxy) is 1. The molecule has 0 aliphatic carbocycles. The fourth-order valence-electron chi connectivity index (χ4n) is 4.81. The zero-order valence-electron chi connectivity index (χ0n) is 22.2. The van der Waals surface area contributed by atoms with E-state index in [1.807, 2.05) is 0 Å². The number of carbonyl (C=O) groups is 2. The SMILES string of the molecule is Cc1cccc(-c2c(Cl)cc3c(NC4CCN(C(=O)OC(C)(C)C)CC4)c(C=O)c(Cl)nc3c2F)c1C(F)(F)F. The van der Waals surface area contributed by atoms with E-state index in [4.69, 9.17) is 27.9 Å². The highest BCUT2D eigenvalue weighted by Crippen LogP contribution is 2.45. The molecule has 1 N–H and O–H groups in total. The number of amides is 1. The Labute approximate surface area is 238 Å². The summed E-state index contributed by atoms with van der Waals surface area (Å²) < 4.78 is 63.2. The molecule has 1 saturated heterocycles. The first-order valence-electron chi connectivity index (χ1n) is 12.5. The average molecular weight is 600 g/mol. The van der Waals surface area contributed by atoms with Crippen LogP contribution in [0.1, 0.15) is 55.1 Å². The van der Waals surface area contributed by atoms with Crippen LogP contribution in [0.3, 0.4) is 0 Å². The second-order valence-electron chi connectivity index (χ2n) is 10.6. The molecule has 2 aromatic carbocycles. The molecule has 6 nitrogen and oxygen atoms in total. The van der Waals surface area contributed by atoms with Crippen LogP contribution in [0.25, 0.3) is 22.0 Å². The third-order valence-electron chi connectivity index (χ3n) is 6.60. The minimum absolute atomic E-state index is 0.0431. The van der Waals surface area contributed by atoms with Gasteiger partial charge < -0.3 is 15.0 Å². The molecule has 1 amide bonds. The van der Waals surface area contributed by atoms with Crippen molar-refractivity contribution in [3.63, 3.8) is 0 Å². The topological polar surface area (TPSA) is 71.5 Å². The molecule has 3 aromatic rings. The number of alkyl halides is 3. The van der Waals surface area contributed by atoms with Crippen molar-refractivity contribution in [1.29, 1.82) is 0 Å². The van der Waals surface area contributed by atoms with Gasteiger partial charge >= 0.3 is 12.3 Å². The maximum absolute atomic E-state index is 16.0. The Bertz CT molecular complexity index is 1480. The first-order valence-corrected chi connectivity index (χ1v) is 13.3. The molecular weight excluding hydrogens is 573 g/mol. The van der Waals surface area contributed by atoms with Crippen molar-refractivity contribution < 1.29 is 31.9 Å². The molecule has 0 unspecified atom stereocenters. The molecule has 1 aliphatic heterocycles. The molecule has 0 radical (unpaired) electrons. The summed E-state index contributed by atoms with van der Waals surface area (Å²) in [7, 11) is 0. The van der Waals surface area contributed by atoms with Crippen molar-refractivity contribution in [2.24, 2.45) is 0 Å². The number of anilines is 1. The Kier molecular flexibility index (Phi) is 8.25. The van der Waals surface area contributed by atoms with Crippen LogP contribution in [-0.2, 0) is 10.9 Å². The Hall–Kier alpha value is -3.11. The van der Waals surface area contributed by atoms with E-state index >= 15 is 4.39 Å². The molecule has 1 aliphatic rings. The van der Waals surface area contributed by atoms with Gasteiger partial charge in [-0.05, 0) is 57.7 Å². The van der Waals surface area contributed by atoms with Gasteiger partial charge in [-0.1, -0.05) is 41.4 Å². The maximum Gasteiger partial charge on any atom is 0.417 e. The fraction of sp³-hybridized carbons (Fsp3) is 0.393. The summed E-state index contributed by atoms with van der Waals surface area (Å²) in [5, 5.41) is 2.70. The molecule has 214 valence electrons. The predicted molar refractivity (Wildman–Crippen MR) is 147 cm³/mol. The van der Waals surface area contributed by atoms with Crippen molar-refractivity contribution >= 4 is 52.2 Å². The van der Waals surface area contributed by atoms with E-state index < -0.39 is 40.4 Å². The van der Waals surface area contributed by atoms with Crippen LogP contribution in [0.4, 0.5) is 28.0 Å². The molecule has 40 heavy (non-hydrogen) atoms. The number of fused-ring (bicyclic) bond motifs is 1. The van der Waals surface area contributed by atoms with Gasteiger partial charge in [0, 0.05) is 30.1 Å². The number of aldehydes is 1. The van der Waals surface area contributed by atoms with Gasteiger partial charge in [0.05, 0.1) is 21.8 Å². The number of nitrogens with one attached hydrogen (secondary N) is 1. The van der Waals surface area contributed by atoms with Crippen molar-refractivity contribution in [2.75, 3.05) is 18.4 Å². The number of piperidine rings is 1. The van der Waals surface area contributed by atoms with Crippen molar-refractivity contribution in [1.82, 2.24) is 9.88 Å². The first kappa shape index (κ1) is 29.9. The normalized spacial score (nSPS) is 14.9. The van der Waals surface area contributed by atoms with Gasteiger partial charge in [0.2, 0.25) is 0 Å². The smallest absolute Gasteiger partial charge is 0.417 e. The lowest BCUT2D eigenvalue weighted by Gasteiger charge is -2.34. The number of hydrogen-bond acceptors (Lipinski definition) is 5. The van der Waals surface area contributed by atoms with E-state index in [1.165, 1.54) is 25.1 Å². The summed E-state index contributed by atoms with van der Waals surface area (Å²) in [5.74, 6) is -1.10. The molecule has 1 fully saturated rings. The van der Waals surface area contributed by atoms with Crippen LogP contribution >= 0.6 is 23.2 Å². The van der Waals surface area contributed by atoms with E-state index in [0.29, 0.717) is 32.2 Å². The lowest BCUT2D eigenvalue weighted by molar-refractivity contribution is -0.137. The number of halogens is 6. The van der Waals surface area contributed by atoms with Crippen LogP contribution in [0.15, 0.2) is 24.3 Å². The zero-order chi connectivity index (χ0) is 29.6. The third-order valence-corrected chi connectivity index (χ3v) is 7.19. The Morgan fingerprint density at radius 1 is 1.18 bits per heavy atom. The molecule has 0 bridgehead atoms. The average Bonchev–Trinajstić information content (AvgIpc) is 2.83. The number of pyridine rings is 1. The molecule has 0 atom stereocenters. The Balaban J connectivity index is 1.75. The Morgan fingerprint density at radius 3 is 2.40 bits per heavy atom. The number of aromatic nitrogens is 1. The number of nitrogens with zero attached hydrogens (tertiary/aromatic N) is 2. The van der Waals surface area contributed by atoms with Crippen molar-refractivity contribution in [3.8, 4) is 11.1 Å². The van der Waals surface area contributed by atoms with Gasteiger partial charge in [-0.3, -0.25) is 4.79 Å². The molecule has 12 heteroatoms. The highest BCUT2D eigenvalue weighted by molar-refractivity contribution is 6.36. The lowest BCUT2D eigenvalue weighted by Crippen LogP contribution is -2.44. The minimum Gasteiger partial charge on any atom is -0.444 e.